The van der Waals surface area contributed by atoms with Gasteiger partial charge in [-0.05, 0) is 29.8 Å². The molecule has 0 aliphatic carbocycles. The van der Waals surface area contributed by atoms with E-state index in [4.69, 9.17) is 5.11 Å². The lowest BCUT2D eigenvalue weighted by Crippen LogP contribution is -2.04. The van der Waals surface area contributed by atoms with Crippen LogP contribution in [0.3, 0.4) is 0 Å². The molecule has 0 radical (unpaired) electrons. The number of hydrogen-bond acceptors (Lipinski definition) is 3. The molecule has 0 aliphatic heterocycles. The van der Waals surface area contributed by atoms with Crippen molar-refractivity contribution in [3.63, 3.8) is 0 Å². The normalized spacial score (nSPS) is 12.5. The zero-order valence-corrected chi connectivity index (χ0v) is 11.9. The Hall–Kier alpha value is -1.30. The van der Waals surface area contributed by atoms with Crippen LogP contribution < -0.4 is 0 Å². The molecule has 3 nitrogen and oxygen atoms in total. The van der Waals surface area contributed by atoms with E-state index in [1.807, 2.05) is 32.9 Å². The van der Waals surface area contributed by atoms with Gasteiger partial charge in [-0.2, -0.15) is 4.37 Å². The first kappa shape index (κ1) is 15.8. The predicted molar refractivity (Wildman–Crippen MR) is 70.9 cm³/mol. The van der Waals surface area contributed by atoms with E-state index in [0.717, 1.165) is 0 Å². The van der Waals surface area contributed by atoms with Gasteiger partial charge in [-0.25, -0.2) is 13.6 Å². The minimum absolute atomic E-state index is 0.0475. The fourth-order valence-corrected chi connectivity index (χ4v) is 2.31. The Kier molecular flexibility index (Phi) is 5.17. The van der Waals surface area contributed by atoms with Gasteiger partial charge in [0.1, 0.15) is 10.4 Å². The second-order valence-electron chi connectivity index (χ2n) is 5.28. The Morgan fingerprint density at radius 2 is 2.11 bits per heavy atom. The number of aromatic carboxylic acids is 1. The largest absolute Gasteiger partial charge is 0.478 e. The monoisotopic (exact) mass is 289 g/mol. The first-order valence-electron chi connectivity index (χ1n) is 5.90. The average molecular weight is 289 g/mol. The molecule has 6 heteroatoms. The molecule has 0 spiro atoms. The smallest absolute Gasteiger partial charge is 0.338 e. The van der Waals surface area contributed by atoms with Crippen molar-refractivity contribution in [3.8, 4) is 0 Å². The van der Waals surface area contributed by atoms with Crippen LogP contribution in [0.15, 0.2) is 12.2 Å². The number of aromatic nitrogens is 1. The Morgan fingerprint density at radius 3 is 2.58 bits per heavy atom. The SMILES string of the molecule is CC(C)(C)C=CCCc1nsc(C(F)F)c1C(=O)O. The average Bonchev–Trinajstić information content (AvgIpc) is 2.66. The maximum atomic E-state index is 12.6. The van der Waals surface area contributed by atoms with Crippen LogP contribution in [-0.4, -0.2) is 15.4 Å². The molecule has 0 amide bonds. The van der Waals surface area contributed by atoms with Gasteiger partial charge < -0.3 is 5.11 Å². The molecule has 1 rings (SSSR count). The maximum absolute atomic E-state index is 12.6. The van der Waals surface area contributed by atoms with Crippen molar-refractivity contribution < 1.29 is 18.7 Å². The number of allylic oxidation sites excluding steroid dienone is 2. The highest BCUT2D eigenvalue weighted by molar-refractivity contribution is 7.06. The molecule has 0 aliphatic rings. The van der Waals surface area contributed by atoms with Crippen LogP contribution in [-0.2, 0) is 6.42 Å². The fraction of sp³-hybridized carbons (Fsp3) is 0.538. The molecule has 1 aromatic rings. The lowest BCUT2D eigenvalue weighted by atomic mass is 9.95. The van der Waals surface area contributed by atoms with Gasteiger partial charge in [-0.1, -0.05) is 32.9 Å². The van der Waals surface area contributed by atoms with Gasteiger partial charge >= 0.3 is 5.97 Å². The molecule has 0 saturated carbocycles. The first-order chi connectivity index (χ1) is 8.72. The van der Waals surface area contributed by atoms with E-state index in [1.54, 1.807) is 0 Å². The molecule has 0 atom stereocenters. The van der Waals surface area contributed by atoms with Crippen LogP contribution >= 0.6 is 11.5 Å². The Labute approximate surface area is 115 Å². The summed E-state index contributed by atoms with van der Waals surface area (Å²) in [6.07, 6.45) is 2.09. The van der Waals surface area contributed by atoms with Crippen molar-refractivity contribution in [3.05, 3.63) is 28.3 Å². The predicted octanol–water partition coefficient (Wildman–Crippen LogP) is 4.31. The number of carboxylic acids is 1. The maximum Gasteiger partial charge on any atom is 0.338 e. The number of rotatable bonds is 5. The minimum Gasteiger partial charge on any atom is -0.478 e. The number of nitrogens with zero attached hydrogens (tertiary/aromatic N) is 1. The van der Waals surface area contributed by atoms with Crippen molar-refractivity contribution in [1.82, 2.24) is 4.37 Å². The van der Waals surface area contributed by atoms with Crippen molar-refractivity contribution in [1.29, 1.82) is 0 Å². The number of aryl methyl sites for hydroxylation is 1. The Morgan fingerprint density at radius 1 is 1.47 bits per heavy atom. The highest BCUT2D eigenvalue weighted by Crippen LogP contribution is 2.30. The summed E-state index contributed by atoms with van der Waals surface area (Å²) >= 11 is 0.571. The van der Waals surface area contributed by atoms with E-state index in [-0.39, 0.29) is 16.7 Å². The number of carbonyl (C=O) groups is 1. The van der Waals surface area contributed by atoms with Gasteiger partial charge in [0, 0.05) is 0 Å². The lowest BCUT2D eigenvalue weighted by Gasteiger charge is -2.10. The van der Waals surface area contributed by atoms with Crippen molar-refractivity contribution in [2.75, 3.05) is 0 Å². The van der Waals surface area contributed by atoms with Crippen LogP contribution in [0.1, 0.15) is 54.5 Å². The van der Waals surface area contributed by atoms with Crippen molar-refractivity contribution in [2.45, 2.75) is 40.0 Å². The molecule has 1 heterocycles. The van der Waals surface area contributed by atoms with Gasteiger partial charge in [-0.15, -0.1) is 0 Å². The van der Waals surface area contributed by atoms with Crippen molar-refractivity contribution >= 4 is 17.5 Å². The second kappa shape index (κ2) is 6.23. The van der Waals surface area contributed by atoms with Crippen LogP contribution in [0, 0.1) is 5.41 Å². The molecule has 106 valence electrons. The number of alkyl halides is 2. The van der Waals surface area contributed by atoms with E-state index >= 15 is 0 Å². The van der Waals surface area contributed by atoms with E-state index in [9.17, 15) is 13.6 Å². The van der Waals surface area contributed by atoms with Crippen LogP contribution in [0.2, 0.25) is 0 Å². The molecular formula is C13H17F2NO2S. The van der Waals surface area contributed by atoms with E-state index in [1.165, 1.54) is 0 Å². The molecule has 1 aromatic heterocycles. The number of hydrogen-bond donors (Lipinski definition) is 1. The second-order valence-corrected chi connectivity index (χ2v) is 6.09. The molecule has 0 bridgehead atoms. The summed E-state index contributed by atoms with van der Waals surface area (Å²) in [5.41, 5.74) is -0.0400. The standard InChI is InChI=1S/C13H17F2NO2S/c1-13(2,3)7-5-4-6-8-9(12(17)18)10(11(14)15)19-16-8/h5,7,11H,4,6H2,1-3H3,(H,17,18). The van der Waals surface area contributed by atoms with Gasteiger partial charge in [0.2, 0.25) is 0 Å². The molecule has 1 N–H and O–H groups in total. The zero-order valence-electron chi connectivity index (χ0n) is 11.1. The molecule has 0 unspecified atom stereocenters. The highest BCUT2D eigenvalue weighted by Gasteiger charge is 2.25. The highest BCUT2D eigenvalue weighted by atomic mass is 32.1. The van der Waals surface area contributed by atoms with Crippen LogP contribution in [0.4, 0.5) is 8.78 Å². The van der Waals surface area contributed by atoms with E-state index in [2.05, 4.69) is 4.37 Å². The molecule has 0 fully saturated rings. The van der Waals surface area contributed by atoms with Crippen LogP contribution in [0.5, 0.6) is 0 Å². The summed E-state index contributed by atoms with van der Waals surface area (Å²) < 4.78 is 29.1. The van der Waals surface area contributed by atoms with E-state index in [0.29, 0.717) is 24.4 Å². The first-order valence-corrected chi connectivity index (χ1v) is 6.67. The summed E-state index contributed by atoms with van der Waals surface area (Å²) in [6.45, 7) is 6.14. The third-order valence-electron chi connectivity index (χ3n) is 2.37. The Balaban J connectivity index is 2.80. The van der Waals surface area contributed by atoms with Gasteiger partial charge in [0.05, 0.1) is 5.69 Å². The molecular weight excluding hydrogens is 272 g/mol. The third kappa shape index (κ3) is 4.70. The summed E-state index contributed by atoms with van der Waals surface area (Å²) in [4.78, 5) is 10.6. The number of carboxylic acid groups (broad SMARTS) is 1. The fourth-order valence-electron chi connectivity index (χ4n) is 1.54. The lowest BCUT2D eigenvalue weighted by molar-refractivity contribution is 0.0685. The van der Waals surface area contributed by atoms with Crippen molar-refractivity contribution in [2.24, 2.45) is 5.41 Å². The topological polar surface area (TPSA) is 50.2 Å². The molecule has 0 aromatic carbocycles. The summed E-state index contributed by atoms with van der Waals surface area (Å²) in [7, 11) is 0. The van der Waals surface area contributed by atoms with Gasteiger partial charge in [0.15, 0.2) is 0 Å². The Bertz CT molecular complexity index is 475. The summed E-state index contributed by atoms with van der Waals surface area (Å²) in [5, 5.41) is 8.99. The third-order valence-corrected chi connectivity index (χ3v) is 3.26. The van der Waals surface area contributed by atoms with Crippen LogP contribution in [0.25, 0.3) is 0 Å². The molecule has 0 saturated heterocycles. The van der Waals surface area contributed by atoms with E-state index < -0.39 is 17.3 Å². The molecule has 19 heavy (non-hydrogen) atoms. The quantitative estimate of drug-likeness (QED) is 0.821. The number of halogens is 2. The van der Waals surface area contributed by atoms with Gasteiger partial charge in [-0.3, -0.25) is 0 Å². The zero-order chi connectivity index (χ0) is 14.6. The summed E-state index contributed by atoms with van der Waals surface area (Å²) in [6, 6.07) is 0. The minimum atomic E-state index is -2.79. The van der Waals surface area contributed by atoms with Gasteiger partial charge in [0.25, 0.3) is 6.43 Å². The summed E-state index contributed by atoms with van der Waals surface area (Å²) in [5.74, 6) is -1.33.